The van der Waals surface area contributed by atoms with Gasteiger partial charge >= 0.3 is 0 Å². The number of pyridine rings is 1. The van der Waals surface area contributed by atoms with Crippen LogP contribution >= 0.6 is 0 Å². The molecule has 1 heterocycles. The highest BCUT2D eigenvalue weighted by atomic mass is 16.5. The summed E-state index contributed by atoms with van der Waals surface area (Å²) in [6.45, 7) is 0.434. The molecule has 132 valence electrons. The zero-order valence-electron chi connectivity index (χ0n) is 14.8. The van der Waals surface area contributed by atoms with E-state index in [-0.39, 0.29) is 5.92 Å². The van der Waals surface area contributed by atoms with Gasteiger partial charge < -0.3 is 9.53 Å². The van der Waals surface area contributed by atoms with Crippen LogP contribution in [0.3, 0.4) is 0 Å². The second-order valence-corrected chi connectivity index (χ2v) is 7.06. The average Bonchev–Trinajstić information content (AvgIpc) is 3.22. The monoisotopic (exact) mass is 345 g/mol. The normalized spacial score (nSPS) is 15.8. The largest absolute Gasteiger partial charge is 0.487 e. The minimum absolute atomic E-state index is 0.0219. The Bertz CT molecular complexity index is 882. The smallest absolute Gasteiger partial charge is 0.130 e. The molecule has 0 saturated heterocycles. The lowest BCUT2D eigenvalue weighted by Crippen LogP contribution is -2.11. The van der Waals surface area contributed by atoms with Crippen molar-refractivity contribution in [2.45, 2.75) is 38.2 Å². The van der Waals surface area contributed by atoms with E-state index in [1.165, 1.54) is 12.8 Å². The zero-order valence-corrected chi connectivity index (χ0v) is 14.8. The number of para-hydroxylation sites is 1. The molecular formula is C23H23NO2. The Kier molecular flexibility index (Phi) is 4.96. The van der Waals surface area contributed by atoms with Crippen LogP contribution in [0.5, 0.6) is 5.75 Å². The number of aromatic nitrogens is 1. The third kappa shape index (κ3) is 3.62. The Balaban J connectivity index is 1.42. The molecule has 0 bridgehead atoms. The van der Waals surface area contributed by atoms with Crippen molar-refractivity contribution < 1.29 is 9.53 Å². The number of carbonyl (C=O) groups excluding carboxylic acids is 1. The summed E-state index contributed by atoms with van der Waals surface area (Å²) in [6, 6.07) is 20.1. The van der Waals surface area contributed by atoms with Crippen LogP contribution < -0.4 is 4.74 Å². The molecule has 0 N–H and O–H groups in total. The van der Waals surface area contributed by atoms with Gasteiger partial charge in [-0.2, -0.15) is 0 Å². The fourth-order valence-electron chi connectivity index (χ4n) is 3.91. The van der Waals surface area contributed by atoms with Crippen molar-refractivity contribution >= 4 is 17.2 Å². The van der Waals surface area contributed by atoms with E-state index in [0.717, 1.165) is 47.0 Å². The fourth-order valence-corrected chi connectivity index (χ4v) is 3.91. The number of carbonyl (C=O) groups is 1. The molecule has 0 amide bonds. The quantitative estimate of drug-likeness (QED) is 0.570. The molecule has 2 aromatic carbocycles. The third-order valence-electron chi connectivity index (χ3n) is 5.36. The molecule has 4 rings (SSSR count). The lowest BCUT2D eigenvalue weighted by molar-refractivity contribution is -0.110. The topological polar surface area (TPSA) is 39.2 Å². The summed E-state index contributed by atoms with van der Waals surface area (Å²) in [6.07, 6.45) is 5.93. The predicted molar refractivity (Wildman–Crippen MR) is 103 cm³/mol. The van der Waals surface area contributed by atoms with E-state index in [2.05, 4.69) is 17.1 Å². The van der Waals surface area contributed by atoms with Gasteiger partial charge in [-0.1, -0.05) is 49.2 Å². The van der Waals surface area contributed by atoms with Crippen LogP contribution in [0.2, 0.25) is 0 Å². The minimum atomic E-state index is 0.0219. The number of fused-ring (bicyclic) bond motifs is 1. The SMILES string of the molecule is O=CC(c1ccc(OCc2ccc3ccccc3n2)cc1)C1CCCC1. The molecule has 1 atom stereocenters. The number of ether oxygens (including phenoxy) is 1. The Labute approximate surface area is 154 Å². The Morgan fingerprint density at radius 2 is 1.77 bits per heavy atom. The number of hydrogen-bond donors (Lipinski definition) is 0. The van der Waals surface area contributed by atoms with Crippen LogP contribution in [0.25, 0.3) is 10.9 Å². The third-order valence-corrected chi connectivity index (χ3v) is 5.36. The van der Waals surface area contributed by atoms with Crippen molar-refractivity contribution in [1.82, 2.24) is 4.98 Å². The molecule has 1 fully saturated rings. The van der Waals surface area contributed by atoms with Gasteiger partial charge in [-0.25, -0.2) is 4.98 Å². The lowest BCUT2D eigenvalue weighted by Gasteiger charge is -2.18. The highest BCUT2D eigenvalue weighted by Gasteiger charge is 2.25. The molecule has 1 aliphatic rings. The molecule has 0 radical (unpaired) electrons. The van der Waals surface area contributed by atoms with Gasteiger partial charge in [0.05, 0.1) is 11.2 Å². The first-order chi connectivity index (χ1) is 12.8. The molecule has 26 heavy (non-hydrogen) atoms. The number of aldehydes is 1. The number of rotatable bonds is 6. The van der Waals surface area contributed by atoms with Crippen LogP contribution in [-0.4, -0.2) is 11.3 Å². The molecular weight excluding hydrogens is 322 g/mol. The van der Waals surface area contributed by atoms with Gasteiger partial charge in [0.25, 0.3) is 0 Å². The molecule has 1 unspecified atom stereocenters. The van der Waals surface area contributed by atoms with E-state index >= 15 is 0 Å². The zero-order chi connectivity index (χ0) is 17.8. The second kappa shape index (κ2) is 7.69. The second-order valence-electron chi connectivity index (χ2n) is 7.06. The average molecular weight is 345 g/mol. The van der Waals surface area contributed by atoms with Crippen molar-refractivity contribution in [3.05, 3.63) is 71.9 Å². The van der Waals surface area contributed by atoms with Crippen LogP contribution in [0.15, 0.2) is 60.7 Å². The lowest BCUT2D eigenvalue weighted by atomic mass is 9.86. The van der Waals surface area contributed by atoms with Gasteiger partial charge in [0.15, 0.2) is 0 Å². The summed E-state index contributed by atoms with van der Waals surface area (Å²) in [5, 5.41) is 1.13. The Hall–Kier alpha value is -2.68. The fraction of sp³-hybridized carbons (Fsp3) is 0.304. The summed E-state index contributed by atoms with van der Waals surface area (Å²) in [5.41, 5.74) is 2.99. The van der Waals surface area contributed by atoms with Crippen LogP contribution in [-0.2, 0) is 11.4 Å². The molecule has 1 aromatic heterocycles. The van der Waals surface area contributed by atoms with E-state index in [9.17, 15) is 4.79 Å². The van der Waals surface area contributed by atoms with Gasteiger partial charge in [-0.05, 0) is 48.6 Å². The first kappa shape index (κ1) is 16.8. The first-order valence-electron chi connectivity index (χ1n) is 9.36. The Morgan fingerprint density at radius 3 is 2.54 bits per heavy atom. The van der Waals surface area contributed by atoms with Crippen molar-refractivity contribution in [2.75, 3.05) is 0 Å². The van der Waals surface area contributed by atoms with E-state index in [4.69, 9.17) is 4.74 Å². The van der Waals surface area contributed by atoms with Gasteiger partial charge in [-0.15, -0.1) is 0 Å². The molecule has 1 saturated carbocycles. The van der Waals surface area contributed by atoms with Crippen LogP contribution in [0.1, 0.15) is 42.9 Å². The Morgan fingerprint density at radius 1 is 1.00 bits per heavy atom. The maximum Gasteiger partial charge on any atom is 0.130 e. The van der Waals surface area contributed by atoms with Crippen LogP contribution in [0, 0.1) is 5.92 Å². The van der Waals surface area contributed by atoms with Gasteiger partial charge in [-0.3, -0.25) is 0 Å². The van der Waals surface area contributed by atoms with Crippen molar-refractivity contribution in [2.24, 2.45) is 5.92 Å². The number of hydrogen-bond acceptors (Lipinski definition) is 3. The maximum atomic E-state index is 11.6. The van der Waals surface area contributed by atoms with Crippen molar-refractivity contribution in [3.8, 4) is 5.75 Å². The summed E-state index contributed by atoms with van der Waals surface area (Å²) < 4.78 is 5.88. The van der Waals surface area contributed by atoms with E-state index < -0.39 is 0 Å². The minimum Gasteiger partial charge on any atom is -0.487 e. The van der Waals surface area contributed by atoms with E-state index in [0.29, 0.717) is 12.5 Å². The molecule has 3 heteroatoms. The number of nitrogens with zero attached hydrogens (tertiary/aromatic N) is 1. The van der Waals surface area contributed by atoms with Gasteiger partial charge in [0, 0.05) is 11.3 Å². The van der Waals surface area contributed by atoms with Gasteiger partial charge in [0.2, 0.25) is 0 Å². The summed E-state index contributed by atoms with van der Waals surface area (Å²) in [4.78, 5) is 16.2. The molecule has 3 nitrogen and oxygen atoms in total. The van der Waals surface area contributed by atoms with Crippen molar-refractivity contribution in [1.29, 1.82) is 0 Å². The number of benzene rings is 2. The van der Waals surface area contributed by atoms with Crippen molar-refractivity contribution in [3.63, 3.8) is 0 Å². The molecule has 0 aliphatic heterocycles. The molecule has 0 spiro atoms. The molecule has 1 aliphatic carbocycles. The summed E-state index contributed by atoms with van der Waals surface area (Å²) in [7, 11) is 0. The highest BCUT2D eigenvalue weighted by molar-refractivity contribution is 5.78. The standard InChI is InChI=1S/C23H23NO2/c25-15-22(17-5-1-2-6-17)18-10-13-21(14-11-18)26-16-20-12-9-19-7-3-4-8-23(19)24-20/h3-4,7-15,17,22H,1-2,5-6,16H2. The summed E-state index contributed by atoms with van der Waals surface area (Å²) >= 11 is 0. The van der Waals surface area contributed by atoms with Gasteiger partial charge in [0.1, 0.15) is 18.6 Å². The maximum absolute atomic E-state index is 11.6. The first-order valence-corrected chi connectivity index (χ1v) is 9.36. The van der Waals surface area contributed by atoms with E-state index in [1.807, 2.05) is 48.5 Å². The highest BCUT2D eigenvalue weighted by Crippen LogP contribution is 2.36. The predicted octanol–water partition coefficient (Wildman–Crippen LogP) is 5.29. The summed E-state index contributed by atoms with van der Waals surface area (Å²) in [5.74, 6) is 1.33. The molecule has 3 aromatic rings. The van der Waals surface area contributed by atoms with E-state index in [1.54, 1.807) is 0 Å². The van der Waals surface area contributed by atoms with Crippen LogP contribution in [0.4, 0.5) is 0 Å².